The fourth-order valence-electron chi connectivity index (χ4n) is 2.67. The van der Waals surface area contributed by atoms with E-state index in [2.05, 4.69) is 16.6 Å². The van der Waals surface area contributed by atoms with Crippen LogP contribution in [0.3, 0.4) is 0 Å². The highest BCUT2D eigenvalue weighted by Crippen LogP contribution is 2.21. The number of rotatable bonds is 5. The van der Waals surface area contributed by atoms with E-state index in [0.717, 1.165) is 11.1 Å². The molecular weight excluding hydrogens is 352 g/mol. The van der Waals surface area contributed by atoms with E-state index in [-0.39, 0.29) is 11.8 Å². The zero-order valence-electron chi connectivity index (χ0n) is 16.7. The number of carbonyl (C=O) groups excluding carboxylic acids is 2. The first-order chi connectivity index (χ1) is 13.2. The highest BCUT2D eigenvalue weighted by Gasteiger charge is 2.30. The van der Waals surface area contributed by atoms with Crippen LogP contribution in [0.15, 0.2) is 54.6 Å². The van der Waals surface area contributed by atoms with Crippen LogP contribution in [0.5, 0.6) is 0 Å². The van der Waals surface area contributed by atoms with Crippen molar-refractivity contribution in [3.63, 3.8) is 0 Å². The van der Waals surface area contributed by atoms with Gasteiger partial charge in [0.05, 0.1) is 0 Å². The molecule has 0 aromatic heterocycles. The molecule has 2 atom stereocenters. The first-order valence-electron chi connectivity index (χ1n) is 9.11. The quantitative estimate of drug-likeness (QED) is 0.762. The molecule has 0 heterocycles. The van der Waals surface area contributed by atoms with Crippen molar-refractivity contribution < 1.29 is 14.3 Å². The van der Waals surface area contributed by atoms with Crippen LogP contribution in [0.2, 0.25) is 0 Å². The van der Waals surface area contributed by atoms with Crippen molar-refractivity contribution in [2.75, 3.05) is 5.32 Å². The Morgan fingerprint density at radius 1 is 1.04 bits per heavy atom. The number of anilines is 1. The minimum absolute atomic E-state index is 0.265. The lowest BCUT2D eigenvalue weighted by Gasteiger charge is -2.27. The first-order valence-corrected chi connectivity index (χ1v) is 9.11. The summed E-state index contributed by atoms with van der Waals surface area (Å²) in [4.78, 5) is 25.3. The molecule has 0 aliphatic heterocycles. The highest BCUT2D eigenvalue weighted by molar-refractivity contribution is 5.97. The first kappa shape index (κ1) is 21.0. The topological polar surface area (TPSA) is 67.4 Å². The van der Waals surface area contributed by atoms with Crippen LogP contribution < -0.4 is 10.6 Å². The van der Waals surface area contributed by atoms with Crippen LogP contribution in [-0.4, -0.2) is 23.6 Å². The van der Waals surface area contributed by atoms with Crippen molar-refractivity contribution in [3.05, 3.63) is 65.7 Å². The van der Waals surface area contributed by atoms with E-state index in [1.807, 2.05) is 37.3 Å². The normalized spacial score (nSPS) is 13.0. The second kappa shape index (κ2) is 9.09. The summed E-state index contributed by atoms with van der Waals surface area (Å²) in [5.74, 6) is 1.93. The molecular formula is C23H26N2O3. The van der Waals surface area contributed by atoms with E-state index >= 15 is 0 Å². The van der Waals surface area contributed by atoms with Crippen molar-refractivity contribution >= 4 is 17.7 Å². The average molecular weight is 378 g/mol. The molecule has 0 spiro atoms. The second-order valence-electron chi connectivity index (χ2n) is 7.53. The van der Waals surface area contributed by atoms with Gasteiger partial charge in [0.1, 0.15) is 11.6 Å². The second-order valence-corrected chi connectivity index (χ2v) is 7.53. The molecule has 0 fully saturated rings. The Morgan fingerprint density at radius 2 is 1.64 bits per heavy atom. The minimum Gasteiger partial charge on any atom is -0.444 e. The van der Waals surface area contributed by atoms with Crippen molar-refractivity contribution in [1.29, 1.82) is 0 Å². The molecule has 0 bridgehead atoms. The zero-order valence-corrected chi connectivity index (χ0v) is 16.7. The lowest BCUT2D eigenvalue weighted by atomic mass is 9.92. The largest absolute Gasteiger partial charge is 0.444 e. The fourth-order valence-corrected chi connectivity index (χ4v) is 2.67. The summed E-state index contributed by atoms with van der Waals surface area (Å²) in [6.07, 6.45) is 4.72. The summed E-state index contributed by atoms with van der Waals surface area (Å²) in [5.41, 5.74) is 1.59. The van der Waals surface area contributed by atoms with Crippen molar-refractivity contribution in [3.8, 4) is 12.3 Å². The number of nitrogens with one attached hydrogen (secondary N) is 2. The number of terminal acetylenes is 1. The monoisotopic (exact) mass is 378 g/mol. The van der Waals surface area contributed by atoms with Gasteiger partial charge in [-0.05, 0) is 50.6 Å². The highest BCUT2D eigenvalue weighted by atomic mass is 16.6. The maximum absolute atomic E-state index is 13.0. The molecule has 5 heteroatoms. The molecule has 28 heavy (non-hydrogen) atoms. The van der Waals surface area contributed by atoms with Crippen LogP contribution in [0.4, 0.5) is 10.5 Å². The van der Waals surface area contributed by atoms with Crippen molar-refractivity contribution in [2.24, 2.45) is 0 Å². The van der Waals surface area contributed by atoms with Crippen LogP contribution in [0.25, 0.3) is 0 Å². The van der Waals surface area contributed by atoms with Gasteiger partial charge in [0, 0.05) is 17.2 Å². The number of amides is 2. The summed E-state index contributed by atoms with van der Waals surface area (Å²) < 4.78 is 5.33. The van der Waals surface area contributed by atoms with Gasteiger partial charge in [0.25, 0.3) is 0 Å². The third-order valence-corrected chi connectivity index (χ3v) is 4.10. The molecule has 0 radical (unpaired) electrons. The van der Waals surface area contributed by atoms with E-state index in [9.17, 15) is 9.59 Å². The molecule has 2 N–H and O–H groups in total. The van der Waals surface area contributed by atoms with E-state index in [1.165, 1.54) is 0 Å². The molecule has 5 nitrogen and oxygen atoms in total. The number of carbonyl (C=O) groups is 2. The molecule has 2 aromatic rings. The number of benzene rings is 2. The molecule has 0 aliphatic rings. The standard InChI is InChI=1S/C23H26N2O3/c1-6-17-12-14-19(15-13-17)24-21(26)20(25-22(27)28-23(3,4)5)16(2)18-10-8-7-9-11-18/h1,7-16,20H,2-5H3,(H,24,26)(H,25,27)/t16-,20+/m1/s1. The van der Waals surface area contributed by atoms with Gasteiger partial charge in [0.15, 0.2) is 0 Å². The fraction of sp³-hybridized carbons (Fsp3) is 0.304. The lowest BCUT2D eigenvalue weighted by Crippen LogP contribution is -2.48. The van der Waals surface area contributed by atoms with Crippen LogP contribution in [-0.2, 0) is 9.53 Å². The number of alkyl carbamates (subject to hydrolysis) is 1. The van der Waals surface area contributed by atoms with Gasteiger partial charge in [-0.25, -0.2) is 4.79 Å². The number of ether oxygens (including phenoxy) is 1. The predicted molar refractivity (Wildman–Crippen MR) is 111 cm³/mol. The van der Waals surface area contributed by atoms with E-state index in [0.29, 0.717) is 5.69 Å². The predicted octanol–water partition coefficient (Wildman–Crippen LogP) is 4.30. The average Bonchev–Trinajstić information content (AvgIpc) is 2.65. The Morgan fingerprint density at radius 3 is 2.18 bits per heavy atom. The number of hydrogen-bond acceptors (Lipinski definition) is 3. The molecule has 146 valence electrons. The van der Waals surface area contributed by atoms with E-state index < -0.39 is 17.7 Å². The van der Waals surface area contributed by atoms with Gasteiger partial charge in [-0.3, -0.25) is 4.79 Å². The summed E-state index contributed by atoms with van der Waals surface area (Å²) in [6, 6.07) is 15.7. The third kappa shape index (κ3) is 6.17. The third-order valence-electron chi connectivity index (χ3n) is 4.10. The Labute approximate surface area is 166 Å². The van der Waals surface area contributed by atoms with Crippen molar-refractivity contribution in [2.45, 2.75) is 45.3 Å². The Kier molecular flexibility index (Phi) is 6.84. The Bertz CT molecular complexity index is 846. The maximum Gasteiger partial charge on any atom is 0.408 e. The van der Waals surface area contributed by atoms with Gasteiger partial charge < -0.3 is 15.4 Å². The van der Waals surface area contributed by atoms with Crippen molar-refractivity contribution in [1.82, 2.24) is 5.32 Å². The molecule has 0 aliphatic carbocycles. The van der Waals surface area contributed by atoms with Gasteiger partial charge in [-0.1, -0.05) is 43.2 Å². The molecule has 2 rings (SSSR count). The summed E-state index contributed by atoms with van der Waals surface area (Å²) in [6.45, 7) is 7.21. The lowest BCUT2D eigenvalue weighted by molar-refractivity contribution is -0.118. The number of hydrogen-bond donors (Lipinski definition) is 2. The zero-order chi connectivity index (χ0) is 20.7. The molecule has 0 saturated heterocycles. The van der Waals surface area contributed by atoms with E-state index in [1.54, 1.807) is 45.0 Å². The smallest absolute Gasteiger partial charge is 0.408 e. The molecule has 2 aromatic carbocycles. The summed E-state index contributed by atoms with van der Waals surface area (Å²) >= 11 is 0. The summed E-state index contributed by atoms with van der Waals surface area (Å²) in [5, 5.41) is 5.54. The van der Waals surface area contributed by atoms with Gasteiger partial charge in [-0.15, -0.1) is 6.42 Å². The molecule has 0 unspecified atom stereocenters. The van der Waals surface area contributed by atoms with Crippen LogP contribution in [0, 0.1) is 12.3 Å². The van der Waals surface area contributed by atoms with Gasteiger partial charge in [0.2, 0.25) is 5.91 Å². The molecule has 2 amide bonds. The SMILES string of the molecule is C#Cc1ccc(NC(=O)[C@@H](NC(=O)OC(C)(C)C)[C@H](C)c2ccccc2)cc1. The Balaban J connectivity index is 2.21. The van der Waals surface area contributed by atoms with Gasteiger partial charge >= 0.3 is 6.09 Å². The van der Waals surface area contributed by atoms with Crippen LogP contribution >= 0.6 is 0 Å². The van der Waals surface area contributed by atoms with E-state index in [4.69, 9.17) is 11.2 Å². The summed E-state index contributed by atoms with van der Waals surface area (Å²) in [7, 11) is 0. The Hall–Kier alpha value is -3.26. The van der Waals surface area contributed by atoms with Crippen LogP contribution in [0.1, 0.15) is 44.7 Å². The maximum atomic E-state index is 13.0. The minimum atomic E-state index is -0.815. The molecule has 0 saturated carbocycles. The van der Waals surface area contributed by atoms with Gasteiger partial charge in [-0.2, -0.15) is 0 Å².